The first-order valence-electron chi connectivity index (χ1n) is 4.48. The number of hydrogen-bond acceptors (Lipinski definition) is 2. The van der Waals surface area contributed by atoms with Gasteiger partial charge in [-0.15, -0.1) is 0 Å². The maximum atomic E-state index is 11.6. The fourth-order valence-electron chi connectivity index (χ4n) is 1.14. The SMILES string of the molecule is CC(=O)CCC(=O)c1ccc(Cl)cc1Cl. The summed E-state index contributed by atoms with van der Waals surface area (Å²) in [6.07, 6.45) is 0.439. The van der Waals surface area contributed by atoms with Crippen LogP contribution >= 0.6 is 23.2 Å². The summed E-state index contributed by atoms with van der Waals surface area (Å²) >= 11 is 11.5. The van der Waals surface area contributed by atoms with Crippen molar-refractivity contribution in [2.45, 2.75) is 19.8 Å². The molecular formula is C11H10Cl2O2. The molecule has 0 spiro atoms. The lowest BCUT2D eigenvalue weighted by molar-refractivity contribution is -0.116. The monoisotopic (exact) mass is 244 g/mol. The van der Waals surface area contributed by atoms with Crippen LogP contribution in [0.2, 0.25) is 10.0 Å². The van der Waals surface area contributed by atoms with Crippen molar-refractivity contribution in [2.75, 3.05) is 0 Å². The number of Topliss-reactive ketones (excluding diaryl/α,β-unsaturated/α-hetero) is 2. The molecule has 0 bridgehead atoms. The molecule has 1 aromatic rings. The third kappa shape index (κ3) is 3.65. The van der Waals surface area contributed by atoms with E-state index in [1.165, 1.54) is 13.0 Å². The molecule has 2 nitrogen and oxygen atoms in total. The van der Waals surface area contributed by atoms with Gasteiger partial charge < -0.3 is 4.79 Å². The molecule has 4 heteroatoms. The minimum atomic E-state index is -0.133. The second-order valence-electron chi connectivity index (χ2n) is 3.25. The van der Waals surface area contributed by atoms with Crippen LogP contribution in [0.25, 0.3) is 0 Å². The van der Waals surface area contributed by atoms with Crippen molar-refractivity contribution in [2.24, 2.45) is 0 Å². The number of hydrogen-bond donors (Lipinski definition) is 0. The number of carbonyl (C=O) groups excluding carboxylic acids is 2. The van der Waals surface area contributed by atoms with Gasteiger partial charge in [-0.2, -0.15) is 0 Å². The summed E-state index contributed by atoms with van der Waals surface area (Å²) in [7, 11) is 0. The van der Waals surface area contributed by atoms with Crippen molar-refractivity contribution in [3.05, 3.63) is 33.8 Å². The standard InChI is InChI=1S/C11H10Cl2O2/c1-7(14)2-5-11(15)9-4-3-8(12)6-10(9)13/h3-4,6H,2,5H2,1H3. The Kier molecular flexibility index (Phi) is 4.30. The molecule has 1 rings (SSSR count). The van der Waals surface area contributed by atoms with E-state index in [0.29, 0.717) is 15.6 Å². The molecule has 0 heterocycles. The number of benzene rings is 1. The highest BCUT2D eigenvalue weighted by molar-refractivity contribution is 6.36. The van der Waals surface area contributed by atoms with E-state index in [9.17, 15) is 9.59 Å². The van der Waals surface area contributed by atoms with Crippen molar-refractivity contribution in [3.8, 4) is 0 Å². The summed E-state index contributed by atoms with van der Waals surface area (Å²) in [6, 6.07) is 4.70. The van der Waals surface area contributed by atoms with Crippen LogP contribution < -0.4 is 0 Å². The third-order valence-electron chi connectivity index (χ3n) is 1.94. The summed E-state index contributed by atoms with van der Waals surface area (Å²) in [5.74, 6) is -0.139. The molecular weight excluding hydrogens is 235 g/mol. The highest BCUT2D eigenvalue weighted by atomic mass is 35.5. The van der Waals surface area contributed by atoms with E-state index in [2.05, 4.69) is 0 Å². The van der Waals surface area contributed by atoms with Gasteiger partial charge in [-0.25, -0.2) is 0 Å². The van der Waals surface area contributed by atoms with Gasteiger partial charge in [-0.05, 0) is 25.1 Å². The topological polar surface area (TPSA) is 34.1 Å². The molecule has 0 atom stereocenters. The zero-order chi connectivity index (χ0) is 11.4. The first kappa shape index (κ1) is 12.2. The highest BCUT2D eigenvalue weighted by Gasteiger charge is 2.11. The zero-order valence-electron chi connectivity index (χ0n) is 8.22. The van der Waals surface area contributed by atoms with Gasteiger partial charge in [-0.1, -0.05) is 23.2 Å². The number of ketones is 2. The van der Waals surface area contributed by atoms with Gasteiger partial charge in [0.15, 0.2) is 5.78 Å². The zero-order valence-corrected chi connectivity index (χ0v) is 9.73. The molecule has 0 saturated heterocycles. The Labute approximate surface area is 98.2 Å². The lowest BCUT2D eigenvalue weighted by Crippen LogP contribution is -2.02. The molecule has 0 aliphatic carbocycles. The average Bonchev–Trinajstić information content (AvgIpc) is 2.14. The third-order valence-corrected chi connectivity index (χ3v) is 2.48. The van der Waals surface area contributed by atoms with E-state index < -0.39 is 0 Å². The maximum Gasteiger partial charge on any atom is 0.164 e. The van der Waals surface area contributed by atoms with Gasteiger partial charge in [0, 0.05) is 23.4 Å². The Bertz CT molecular complexity index is 400. The van der Waals surface area contributed by atoms with Gasteiger partial charge in [0.2, 0.25) is 0 Å². The van der Waals surface area contributed by atoms with Crippen LogP contribution in [0.15, 0.2) is 18.2 Å². The Morgan fingerprint density at radius 1 is 1.20 bits per heavy atom. The summed E-state index contributed by atoms with van der Waals surface area (Å²) < 4.78 is 0. The lowest BCUT2D eigenvalue weighted by atomic mass is 10.1. The second kappa shape index (κ2) is 5.29. The van der Waals surface area contributed by atoms with Crippen LogP contribution in [-0.2, 0) is 4.79 Å². The van der Waals surface area contributed by atoms with E-state index in [0.717, 1.165) is 0 Å². The number of carbonyl (C=O) groups is 2. The minimum absolute atomic E-state index is 0.00608. The number of halogens is 2. The van der Waals surface area contributed by atoms with Gasteiger partial charge >= 0.3 is 0 Å². The molecule has 0 aliphatic heterocycles. The molecule has 0 N–H and O–H groups in total. The van der Waals surface area contributed by atoms with Crippen LogP contribution in [-0.4, -0.2) is 11.6 Å². The van der Waals surface area contributed by atoms with Gasteiger partial charge in [-0.3, -0.25) is 4.79 Å². The predicted octanol–water partition coefficient (Wildman–Crippen LogP) is 3.55. The first-order chi connectivity index (χ1) is 7.00. The molecule has 0 saturated carbocycles. The first-order valence-corrected chi connectivity index (χ1v) is 5.24. The molecule has 1 aromatic carbocycles. The minimum Gasteiger partial charge on any atom is -0.300 e. The van der Waals surface area contributed by atoms with Crippen molar-refractivity contribution in [1.29, 1.82) is 0 Å². The Morgan fingerprint density at radius 3 is 2.40 bits per heavy atom. The second-order valence-corrected chi connectivity index (χ2v) is 4.09. The summed E-state index contributed by atoms with van der Waals surface area (Å²) in [5.41, 5.74) is 0.419. The summed E-state index contributed by atoms with van der Waals surface area (Å²) in [5, 5.41) is 0.819. The lowest BCUT2D eigenvalue weighted by Gasteiger charge is -2.02. The van der Waals surface area contributed by atoms with Gasteiger partial charge in [0.25, 0.3) is 0 Å². The van der Waals surface area contributed by atoms with Crippen molar-refractivity contribution in [1.82, 2.24) is 0 Å². The Morgan fingerprint density at radius 2 is 1.87 bits per heavy atom. The fourth-order valence-corrected chi connectivity index (χ4v) is 1.65. The molecule has 80 valence electrons. The molecule has 0 fully saturated rings. The van der Waals surface area contributed by atoms with Gasteiger partial charge in [0.1, 0.15) is 5.78 Å². The Hall–Kier alpha value is -0.860. The summed E-state index contributed by atoms with van der Waals surface area (Å²) in [4.78, 5) is 22.3. The maximum absolute atomic E-state index is 11.6. The van der Waals surface area contributed by atoms with Crippen LogP contribution in [0.1, 0.15) is 30.1 Å². The van der Waals surface area contributed by atoms with E-state index in [1.807, 2.05) is 0 Å². The quantitative estimate of drug-likeness (QED) is 0.760. The smallest absolute Gasteiger partial charge is 0.164 e. The highest BCUT2D eigenvalue weighted by Crippen LogP contribution is 2.22. The van der Waals surface area contributed by atoms with E-state index >= 15 is 0 Å². The fraction of sp³-hybridized carbons (Fsp3) is 0.273. The predicted molar refractivity (Wildman–Crippen MR) is 60.7 cm³/mol. The largest absolute Gasteiger partial charge is 0.300 e. The molecule has 0 aliphatic rings. The number of rotatable bonds is 4. The van der Waals surface area contributed by atoms with E-state index in [1.54, 1.807) is 12.1 Å². The van der Waals surface area contributed by atoms with Crippen LogP contribution in [0.3, 0.4) is 0 Å². The van der Waals surface area contributed by atoms with Crippen molar-refractivity contribution < 1.29 is 9.59 Å². The average molecular weight is 245 g/mol. The van der Waals surface area contributed by atoms with E-state index in [4.69, 9.17) is 23.2 Å². The van der Waals surface area contributed by atoms with Crippen LogP contribution in [0.5, 0.6) is 0 Å². The van der Waals surface area contributed by atoms with Crippen molar-refractivity contribution in [3.63, 3.8) is 0 Å². The molecule has 0 unspecified atom stereocenters. The van der Waals surface area contributed by atoms with E-state index in [-0.39, 0.29) is 24.4 Å². The summed E-state index contributed by atoms with van der Waals surface area (Å²) in [6.45, 7) is 1.46. The molecule has 0 amide bonds. The normalized spacial score (nSPS) is 10.1. The van der Waals surface area contributed by atoms with Crippen molar-refractivity contribution >= 4 is 34.8 Å². The molecule has 0 radical (unpaired) electrons. The van der Waals surface area contributed by atoms with Crippen LogP contribution in [0.4, 0.5) is 0 Å². The molecule has 0 aromatic heterocycles. The molecule has 15 heavy (non-hydrogen) atoms. The van der Waals surface area contributed by atoms with Crippen LogP contribution in [0, 0.1) is 0 Å². The Balaban J connectivity index is 2.78. The van der Waals surface area contributed by atoms with Gasteiger partial charge in [0.05, 0.1) is 5.02 Å².